The Labute approximate surface area is 101 Å². The van der Waals surface area contributed by atoms with Gasteiger partial charge in [-0.3, -0.25) is 0 Å². The van der Waals surface area contributed by atoms with Crippen LogP contribution in [0.1, 0.15) is 11.1 Å². The number of hydrogen-bond acceptors (Lipinski definition) is 2. The van der Waals surface area contributed by atoms with Crippen LogP contribution >= 0.6 is 0 Å². The van der Waals surface area contributed by atoms with Gasteiger partial charge in [0.2, 0.25) is 0 Å². The van der Waals surface area contributed by atoms with Crippen molar-refractivity contribution in [3.8, 4) is 0 Å². The Hall–Kier alpha value is -2.18. The molecule has 0 bridgehead atoms. The predicted octanol–water partition coefficient (Wildman–Crippen LogP) is 4.44. The number of rotatable bonds is 2. The molecular formula is C15H14N2. The zero-order valence-corrected chi connectivity index (χ0v) is 10.0. The molecular weight excluding hydrogens is 208 g/mol. The van der Waals surface area contributed by atoms with E-state index in [4.69, 9.17) is 0 Å². The number of para-hydroxylation sites is 2. The average molecular weight is 222 g/mol. The van der Waals surface area contributed by atoms with E-state index in [0.29, 0.717) is 0 Å². The normalized spacial score (nSPS) is 9.53. The van der Waals surface area contributed by atoms with Crippen LogP contribution in [-0.4, -0.2) is 6.01 Å². The van der Waals surface area contributed by atoms with Gasteiger partial charge >= 0.3 is 0 Å². The second-order valence-electron chi connectivity index (χ2n) is 3.90. The first-order valence-corrected chi connectivity index (χ1v) is 5.55. The molecule has 0 aromatic heterocycles. The van der Waals surface area contributed by atoms with Crippen molar-refractivity contribution < 1.29 is 0 Å². The highest BCUT2D eigenvalue weighted by Gasteiger charge is 1.97. The first-order valence-electron chi connectivity index (χ1n) is 5.55. The Balaban J connectivity index is 2.30. The quantitative estimate of drug-likeness (QED) is 0.671. The molecule has 0 atom stereocenters. The van der Waals surface area contributed by atoms with Crippen molar-refractivity contribution in [1.82, 2.24) is 0 Å². The molecule has 0 aliphatic heterocycles. The third-order valence-electron chi connectivity index (χ3n) is 2.54. The maximum atomic E-state index is 4.28. The van der Waals surface area contributed by atoms with Crippen LogP contribution in [-0.2, 0) is 0 Å². The van der Waals surface area contributed by atoms with Gasteiger partial charge in [-0.15, -0.1) is 0 Å². The minimum absolute atomic E-state index is 0.863. The molecule has 2 nitrogen and oxygen atoms in total. The molecule has 0 aliphatic carbocycles. The fourth-order valence-electron chi connectivity index (χ4n) is 1.62. The van der Waals surface area contributed by atoms with E-state index in [0.717, 1.165) is 22.5 Å². The summed E-state index contributed by atoms with van der Waals surface area (Å²) in [5, 5.41) is 0. The van der Waals surface area contributed by atoms with E-state index in [2.05, 4.69) is 16.0 Å². The highest BCUT2D eigenvalue weighted by atomic mass is 14.8. The average Bonchev–Trinajstić information content (AvgIpc) is 2.34. The standard InChI is InChI=1S/C15H14N2/c1-12-7-6-8-13(2)15(12)17-11-16-14-9-4-3-5-10-14/h3-10H,1-2H3. The summed E-state index contributed by atoms with van der Waals surface area (Å²) in [6, 6.07) is 18.5. The number of aliphatic imine (C=N–C) groups is 2. The maximum Gasteiger partial charge on any atom is 0.100 e. The highest BCUT2D eigenvalue weighted by Crippen LogP contribution is 2.22. The van der Waals surface area contributed by atoms with Gasteiger partial charge in [-0.2, -0.15) is 9.98 Å². The number of hydrogen-bond donors (Lipinski definition) is 0. The Bertz CT molecular complexity index is 544. The van der Waals surface area contributed by atoms with Crippen molar-refractivity contribution in [1.29, 1.82) is 0 Å². The smallest absolute Gasteiger partial charge is 0.100 e. The fraction of sp³-hybridized carbons (Fsp3) is 0.133. The molecule has 0 saturated heterocycles. The Morgan fingerprint density at radius 2 is 1.41 bits per heavy atom. The van der Waals surface area contributed by atoms with Gasteiger partial charge in [0.15, 0.2) is 0 Å². The zero-order chi connectivity index (χ0) is 12.1. The van der Waals surface area contributed by atoms with Crippen molar-refractivity contribution in [2.45, 2.75) is 13.8 Å². The van der Waals surface area contributed by atoms with E-state index in [-0.39, 0.29) is 0 Å². The summed E-state index contributed by atoms with van der Waals surface area (Å²) in [4.78, 5) is 8.45. The number of aryl methyl sites for hydroxylation is 2. The van der Waals surface area contributed by atoms with Crippen LogP contribution in [0.15, 0.2) is 58.5 Å². The van der Waals surface area contributed by atoms with Crippen LogP contribution in [0.4, 0.5) is 11.4 Å². The minimum Gasteiger partial charge on any atom is -0.188 e. The van der Waals surface area contributed by atoms with Crippen molar-refractivity contribution >= 4 is 17.4 Å². The van der Waals surface area contributed by atoms with Gasteiger partial charge in [0.05, 0.1) is 11.4 Å². The van der Waals surface area contributed by atoms with Gasteiger partial charge in [0.1, 0.15) is 6.01 Å². The lowest BCUT2D eigenvalue weighted by Gasteiger charge is -2.00. The van der Waals surface area contributed by atoms with Gasteiger partial charge in [0.25, 0.3) is 0 Å². The molecule has 0 amide bonds. The molecule has 2 heteroatoms. The molecule has 17 heavy (non-hydrogen) atoms. The molecule has 2 aromatic carbocycles. The first-order chi connectivity index (χ1) is 8.27. The monoisotopic (exact) mass is 222 g/mol. The summed E-state index contributed by atoms with van der Waals surface area (Å²) >= 11 is 0. The number of benzene rings is 2. The van der Waals surface area contributed by atoms with Crippen LogP contribution in [0.5, 0.6) is 0 Å². The number of nitrogens with zero attached hydrogens (tertiary/aromatic N) is 2. The summed E-state index contributed by atoms with van der Waals surface area (Å²) in [7, 11) is 0. The van der Waals surface area contributed by atoms with Gasteiger partial charge < -0.3 is 0 Å². The second kappa shape index (κ2) is 5.24. The Morgan fingerprint density at radius 3 is 2.06 bits per heavy atom. The molecule has 0 radical (unpaired) electrons. The third kappa shape index (κ3) is 2.90. The molecule has 0 unspecified atom stereocenters. The van der Waals surface area contributed by atoms with Crippen molar-refractivity contribution in [2.75, 3.05) is 0 Å². The molecule has 2 rings (SSSR count). The van der Waals surface area contributed by atoms with Gasteiger partial charge in [-0.1, -0.05) is 36.4 Å². The molecule has 84 valence electrons. The van der Waals surface area contributed by atoms with E-state index in [1.807, 2.05) is 62.4 Å². The van der Waals surface area contributed by atoms with Crippen LogP contribution in [0.25, 0.3) is 0 Å². The van der Waals surface area contributed by atoms with Crippen molar-refractivity contribution in [3.05, 3.63) is 59.7 Å². The van der Waals surface area contributed by atoms with Crippen molar-refractivity contribution in [2.24, 2.45) is 9.98 Å². The lowest BCUT2D eigenvalue weighted by molar-refractivity contribution is 1.33. The van der Waals surface area contributed by atoms with E-state index in [1.54, 1.807) is 0 Å². The fourth-order valence-corrected chi connectivity index (χ4v) is 1.62. The molecule has 2 aromatic rings. The van der Waals surface area contributed by atoms with Crippen LogP contribution in [0.3, 0.4) is 0 Å². The SMILES string of the molecule is Cc1cccc(C)c1N=C=Nc1ccccc1. The van der Waals surface area contributed by atoms with Crippen LogP contribution in [0.2, 0.25) is 0 Å². The molecule has 0 N–H and O–H groups in total. The van der Waals surface area contributed by atoms with E-state index in [1.165, 1.54) is 0 Å². The molecule has 0 saturated carbocycles. The van der Waals surface area contributed by atoms with Gasteiger partial charge in [-0.05, 0) is 37.1 Å². The molecule has 0 aliphatic rings. The van der Waals surface area contributed by atoms with Crippen LogP contribution < -0.4 is 0 Å². The lowest BCUT2D eigenvalue weighted by Crippen LogP contribution is -1.78. The minimum atomic E-state index is 0.863. The van der Waals surface area contributed by atoms with E-state index >= 15 is 0 Å². The summed E-state index contributed by atoms with van der Waals surface area (Å²) in [5.41, 5.74) is 4.09. The topological polar surface area (TPSA) is 24.7 Å². The van der Waals surface area contributed by atoms with E-state index < -0.39 is 0 Å². The van der Waals surface area contributed by atoms with Crippen LogP contribution in [0, 0.1) is 13.8 Å². The first kappa shape index (κ1) is 11.3. The van der Waals surface area contributed by atoms with E-state index in [9.17, 15) is 0 Å². The third-order valence-corrected chi connectivity index (χ3v) is 2.54. The maximum absolute atomic E-state index is 4.28. The zero-order valence-electron chi connectivity index (χ0n) is 10.0. The summed E-state index contributed by atoms with van der Waals surface area (Å²) in [5.74, 6) is 0. The molecule has 0 spiro atoms. The predicted molar refractivity (Wildman–Crippen MR) is 71.5 cm³/mol. The highest BCUT2D eigenvalue weighted by molar-refractivity contribution is 5.62. The summed E-state index contributed by atoms with van der Waals surface area (Å²) in [6.45, 7) is 4.08. The summed E-state index contributed by atoms with van der Waals surface area (Å²) in [6.07, 6.45) is 0. The van der Waals surface area contributed by atoms with Gasteiger partial charge in [0, 0.05) is 0 Å². The Morgan fingerprint density at radius 1 is 0.765 bits per heavy atom. The second-order valence-corrected chi connectivity index (χ2v) is 3.90. The molecule has 0 fully saturated rings. The molecule has 0 heterocycles. The summed E-state index contributed by atoms with van der Waals surface area (Å²) < 4.78 is 0. The Kier molecular flexibility index (Phi) is 3.49. The lowest BCUT2D eigenvalue weighted by atomic mass is 10.1. The largest absolute Gasteiger partial charge is 0.188 e. The van der Waals surface area contributed by atoms with Crippen molar-refractivity contribution in [3.63, 3.8) is 0 Å². The van der Waals surface area contributed by atoms with Gasteiger partial charge in [-0.25, -0.2) is 0 Å².